The smallest absolute Gasteiger partial charge is 0.327 e. The van der Waals surface area contributed by atoms with Gasteiger partial charge in [0, 0.05) is 6.54 Å². The molecule has 0 saturated carbocycles. The first-order valence-electron chi connectivity index (χ1n) is 4.44. The molecule has 0 aromatic carbocycles. The molecule has 0 aliphatic rings. The normalized spacial score (nSPS) is 13.6. The van der Waals surface area contributed by atoms with Crippen LogP contribution < -0.4 is 5.73 Å². The van der Waals surface area contributed by atoms with Crippen molar-refractivity contribution in [2.45, 2.75) is 31.2 Å². The molecule has 0 saturated heterocycles. The Hall–Kier alpha value is -0.600. The summed E-state index contributed by atoms with van der Waals surface area (Å²) in [5, 5.41) is -4.69. The maximum Gasteiger partial charge on any atom is 0.400 e. The second-order valence-corrected chi connectivity index (χ2v) is 4.31. The lowest BCUT2D eigenvalue weighted by atomic mass is 10.2. The first-order valence-corrected chi connectivity index (χ1v) is 5.89. The zero-order chi connectivity index (χ0) is 13.4. The fourth-order valence-corrected chi connectivity index (χ4v) is 1.02. The molecule has 0 bridgehead atoms. The number of hydrogen-bond acceptors (Lipinski definition) is 3. The second kappa shape index (κ2) is 7.64. The molecular formula is C8H16F3NO3S. The van der Waals surface area contributed by atoms with E-state index in [0.717, 1.165) is 0 Å². The lowest BCUT2D eigenvalue weighted by molar-refractivity contribution is -0.00631. The van der Waals surface area contributed by atoms with E-state index >= 15 is 0 Å². The molecular weight excluding hydrogens is 247 g/mol. The predicted molar refractivity (Wildman–Crippen MR) is 55.6 cm³/mol. The van der Waals surface area contributed by atoms with Crippen LogP contribution in [-0.2, 0) is 10.1 Å². The first kappa shape index (κ1) is 17.8. The van der Waals surface area contributed by atoms with E-state index in [4.69, 9.17) is 10.3 Å². The summed E-state index contributed by atoms with van der Waals surface area (Å²) in [7, 11) is -5.63. The summed E-state index contributed by atoms with van der Waals surface area (Å²) in [4.78, 5) is 0. The fourth-order valence-electron chi connectivity index (χ4n) is 0.583. The SMILES string of the molecule is C=CCN.CCCC(F)C(F)(F)S(=O)(=O)O. The zero-order valence-corrected chi connectivity index (χ0v) is 9.68. The van der Waals surface area contributed by atoms with Gasteiger partial charge < -0.3 is 5.73 Å². The van der Waals surface area contributed by atoms with Crippen molar-refractivity contribution in [3.63, 3.8) is 0 Å². The third-order valence-electron chi connectivity index (χ3n) is 1.42. The fraction of sp³-hybridized carbons (Fsp3) is 0.750. The molecule has 0 aliphatic heterocycles. The van der Waals surface area contributed by atoms with Crippen LogP contribution in [0.2, 0.25) is 0 Å². The van der Waals surface area contributed by atoms with Crippen LogP contribution in [0.25, 0.3) is 0 Å². The summed E-state index contributed by atoms with van der Waals surface area (Å²) < 4.78 is 64.8. The lowest BCUT2D eigenvalue weighted by Crippen LogP contribution is -2.38. The van der Waals surface area contributed by atoms with Crippen molar-refractivity contribution >= 4 is 10.1 Å². The monoisotopic (exact) mass is 263 g/mol. The van der Waals surface area contributed by atoms with Gasteiger partial charge in [-0.25, -0.2) is 4.39 Å². The maximum atomic E-state index is 12.4. The number of hydrogen-bond donors (Lipinski definition) is 2. The van der Waals surface area contributed by atoms with Gasteiger partial charge >= 0.3 is 15.4 Å². The third kappa shape index (κ3) is 6.09. The Bertz CT molecular complexity index is 293. The van der Waals surface area contributed by atoms with E-state index in [1.807, 2.05) is 0 Å². The van der Waals surface area contributed by atoms with Gasteiger partial charge in [-0.3, -0.25) is 4.55 Å². The summed E-state index contributed by atoms with van der Waals surface area (Å²) in [5.41, 5.74) is 4.91. The van der Waals surface area contributed by atoms with Gasteiger partial charge in [0.15, 0.2) is 6.17 Å². The van der Waals surface area contributed by atoms with E-state index in [1.165, 1.54) is 6.92 Å². The maximum absolute atomic E-state index is 12.4. The van der Waals surface area contributed by atoms with Gasteiger partial charge in [-0.15, -0.1) is 6.58 Å². The summed E-state index contributed by atoms with van der Waals surface area (Å²) in [6, 6.07) is 0. The van der Waals surface area contributed by atoms with Gasteiger partial charge in [0.05, 0.1) is 0 Å². The van der Waals surface area contributed by atoms with Crippen molar-refractivity contribution in [2.24, 2.45) is 5.73 Å². The highest BCUT2D eigenvalue weighted by Crippen LogP contribution is 2.29. The van der Waals surface area contributed by atoms with Crippen LogP contribution in [-0.4, -0.2) is 30.9 Å². The molecule has 1 atom stereocenters. The average Bonchev–Trinajstić information content (AvgIpc) is 2.17. The van der Waals surface area contributed by atoms with Gasteiger partial charge in [0.1, 0.15) is 0 Å². The minimum Gasteiger partial charge on any atom is -0.327 e. The van der Waals surface area contributed by atoms with Crippen LogP contribution in [0.4, 0.5) is 13.2 Å². The summed E-state index contributed by atoms with van der Waals surface area (Å²) in [5.74, 6) is 0. The Balaban J connectivity index is 0. The molecule has 0 fully saturated rings. The Labute approximate surface area is 93.1 Å². The minimum absolute atomic E-state index is 0.0757. The van der Waals surface area contributed by atoms with E-state index in [9.17, 15) is 21.6 Å². The second-order valence-electron chi connectivity index (χ2n) is 2.82. The van der Waals surface area contributed by atoms with Crippen LogP contribution >= 0.6 is 0 Å². The predicted octanol–water partition coefficient (Wildman–Crippen LogP) is 1.74. The number of alkyl halides is 3. The molecule has 3 N–H and O–H groups in total. The molecule has 8 heteroatoms. The topological polar surface area (TPSA) is 80.4 Å². The van der Waals surface area contributed by atoms with Crippen LogP contribution in [0.5, 0.6) is 0 Å². The van der Waals surface area contributed by atoms with Crippen molar-refractivity contribution in [1.29, 1.82) is 0 Å². The molecule has 0 spiro atoms. The zero-order valence-electron chi connectivity index (χ0n) is 8.87. The molecule has 0 heterocycles. The highest BCUT2D eigenvalue weighted by atomic mass is 32.2. The highest BCUT2D eigenvalue weighted by Gasteiger charge is 2.51. The largest absolute Gasteiger partial charge is 0.400 e. The van der Waals surface area contributed by atoms with Gasteiger partial charge in [0.2, 0.25) is 0 Å². The van der Waals surface area contributed by atoms with Gasteiger partial charge in [-0.2, -0.15) is 17.2 Å². The number of halogens is 3. The van der Waals surface area contributed by atoms with E-state index in [0.29, 0.717) is 6.54 Å². The Morgan fingerprint density at radius 2 is 1.94 bits per heavy atom. The van der Waals surface area contributed by atoms with E-state index in [2.05, 4.69) is 6.58 Å². The van der Waals surface area contributed by atoms with Crippen molar-refractivity contribution in [2.75, 3.05) is 6.54 Å². The quantitative estimate of drug-likeness (QED) is 0.584. The van der Waals surface area contributed by atoms with Crippen molar-refractivity contribution in [3.8, 4) is 0 Å². The van der Waals surface area contributed by atoms with Gasteiger partial charge in [-0.1, -0.05) is 19.4 Å². The molecule has 98 valence electrons. The lowest BCUT2D eigenvalue weighted by Gasteiger charge is -2.16. The molecule has 0 aliphatic carbocycles. The Morgan fingerprint density at radius 3 is 2.12 bits per heavy atom. The van der Waals surface area contributed by atoms with Gasteiger partial charge in [0.25, 0.3) is 0 Å². The van der Waals surface area contributed by atoms with E-state index < -0.39 is 28.0 Å². The van der Waals surface area contributed by atoms with E-state index in [-0.39, 0.29) is 6.42 Å². The first-order chi connectivity index (χ1) is 7.15. The molecule has 4 nitrogen and oxygen atoms in total. The van der Waals surface area contributed by atoms with Crippen LogP contribution in [0.15, 0.2) is 12.7 Å². The van der Waals surface area contributed by atoms with Crippen molar-refractivity contribution < 1.29 is 26.1 Å². The molecule has 0 aromatic heterocycles. The Morgan fingerprint density at radius 1 is 1.56 bits per heavy atom. The summed E-state index contributed by atoms with van der Waals surface area (Å²) >= 11 is 0. The summed E-state index contributed by atoms with van der Waals surface area (Å²) in [6.07, 6.45) is -1.73. The summed E-state index contributed by atoms with van der Waals surface area (Å²) in [6.45, 7) is 5.36. The number of nitrogens with two attached hydrogens (primary N) is 1. The standard InChI is InChI=1S/C5H9F3O3S.C3H7N/c1-2-3-4(6)5(7,8)12(9,10)11;1-2-3-4/h4H,2-3H2,1H3,(H,9,10,11);2H,1,3-4H2. The molecule has 1 unspecified atom stereocenters. The van der Waals surface area contributed by atoms with Gasteiger partial charge in [-0.05, 0) is 6.42 Å². The van der Waals surface area contributed by atoms with E-state index in [1.54, 1.807) is 6.08 Å². The molecule has 16 heavy (non-hydrogen) atoms. The van der Waals surface area contributed by atoms with Crippen molar-refractivity contribution in [1.82, 2.24) is 0 Å². The molecule has 0 radical (unpaired) electrons. The Kier molecular flexibility index (Phi) is 8.49. The molecule has 0 aromatic rings. The van der Waals surface area contributed by atoms with Crippen molar-refractivity contribution in [3.05, 3.63) is 12.7 Å². The van der Waals surface area contributed by atoms with Crippen LogP contribution in [0.3, 0.4) is 0 Å². The van der Waals surface area contributed by atoms with Crippen LogP contribution in [0.1, 0.15) is 19.8 Å². The molecule has 0 amide bonds. The average molecular weight is 263 g/mol. The highest BCUT2D eigenvalue weighted by molar-refractivity contribution is 7.86. The minimum atomic E-state index is -5.63. The number of rotatable bonds is 5. The van der Waals surface area contributed by atoms with Crippen LogP contribution in [0, 0.1) is 0 Å². The third-order valence-corrected chi connectivity index (χ3v) is 2.36. The molecule has 0 rings (SSSR count).